The lowest BCUT2D eigenvalue weighted by molar-refractivity contribution is -0.128. The topological polar surface area (TPSA) is 104 Å². The predicted octanol–water partition coefficient (Wildman–Crippen LogP) is 3.08. The molecule has 3 aromatic rings. The zero-order valence-corrected chi connectivity index (χ0v) is 21.9. The molecule has 1 N–H and O–H groups in total. The summed E-state index contributed by atoms with van der Waals surface area (Å²) in [4.78, 5) is 36.5. The van der Waals surface area contributed by atoms with E-state index in [1.165, 1.54) is 24.3 Å². The first-order valence-electron chi connectivity index (χ1n) is 12.6. The molecule has 0 saturated carbocycles. The van der Waals surface area contributed by atoms with E-state index in [1.807, 2.05) is 22.6 Å². The van der Waals surface area contributed by atoms with Crippen molar-refractivity contribution in [2.24, 2.45) is 0 Å². The lowest BCUT2D eigenvalue weighted by Gasteiger charge is -2.40. The number of benzene rings is 1. The molecule has 39 heavy (non-hydrogen) atoms. The zero-order valence-electron chi connectivity index (χ0n) is 21.2. The van der Waals surface area contributed by atoms with Gasteiger partial charge in [-0.2, -0.15) is 5.10 Å². The Morgan fingerprint density at radius 2 is 2.05 bits per heavy atom. The van der Waals surface area contributed by atoms with Crippen molar-refractivity contribution in [3.63, 3.8) is 0 Å². The first-order valence-corrected chi connectivity index (χ1v) is 13.0. The number of anilines is 1. The molecule has 5 heterocycles. The molecule has 10 nitrogen and oxygen atoms in total. The monoisotopic (exact) mass is 552 g/mol. The number of aromatic hydroxyl groups is 1. The van der Waals surface area contributed by atoms with Crippen LogP contribution in [0.4, 0.5) is 10.2 Å². The van der Waals surface area contributed by atoms with Gasteiger partial charge in [0.15, 0.2) is 5.75 Å². The first-order chi connectivity index (χ1) is 18.8. The van der Waals surface area contributed by atoms with Crippen molar-refractivity contribution >= 4 is 29.2 Å². The largest absolute Gasteiger partial charge is 0.507 e. The summed E-state index contributed by atoms with van der Waals surface area (Å²) in [7, 11) is 0. The van der Waals surface area contributed by atoms with Gasteiger partial charge < -0.3 is 24.5 Å². The van der Waals surface area contributed by atoms with Crippen molar-refractivity contribution in [2.75, 3.05) is 31.1 Å². The van der Waals surface area contributed by atoms with E-state index in [-0.39, 0.29) is 70.2 Å². The van der Waals surface area contributed by atoms with Gasteiger partial charge in [0.05, 0.1) is 30.4 Å². The normalized spacial score (nSPS) is 20.5. The van der Waals surface area contributed by atoms with Crippen molar-refractivity contribution < 1.29 is 23.8 Å². The molecule has 0 spiro atoms. The smallest absolute Gasteiger partial charge is 0.261 e. The van der Waals surface area contributed by atoms with Gasteiger partial charge >= 0.3 is 0 Å². The Morgan fingerprint density at radius 3 is 2.82 bits per heavy atom. The fourth-order valence-corrected chi connectivity index (χ4v) is 5.80. The number of phenolic OH excluding ortho intramolecular Hbond substituents is 1. The molecular weight excluding hydrogens is 527 g/mol. The van der Waals surface area contributed by atoms with Crippen molar-refractivity contribution in [1.29, 1.82) is 0 Å². The van der Waals surface area contributed by atoms with Crippen LogP contribution < -0.4 is 9.64 Å². The quantitative estimate of drug-likeness (QED) is 0.498. The molecule has 1 fully saturated rings. The van der Waals surface area contributed by atoms with Gasteiger partial charge in [-0.25, -0.2) is 9.37 Å². The third kappa shape index (κ3) is 4.08. The second-order valence-electron chi connectivity index (χ2n) is 9.87. The summed E-state index contributed by atoms with van der Waals surface area (Å²) in [6.07, 6.45) is 2.96. The summed E-state index contributed by atoms with van der Waals surface area (Å²) in [5, 5.41) is 14.9. The van der Waals surface area contributed by atoms with Crippen LogP contribution in [-0.4, -0.2) is 79.8 Å². The summed E-state index contributed by atoms with van der Waals surface area (Å²) >= 11 is 6.81. The standard InChI is InChI=1S/C27H26ClFN6O4/c1-3-20(37)32-9-10-33-17(12-32)14-39-25-22(27(33)38)26(34-13-16-7-8-30-35(16)11-15(34)2)31-24(23(25)28)21-18(29)5-4-6-19(21)36/h3-8,15,17,36H,1,9-14H2,2H3/t15-,17?/m0/s1. The SMILES string of the molecule is C=CC(=O)N1CCN2C(=O)c3c(N4Cc5ccnn5C[C@@H]4C)nc(-c4c(O)cccc4F)c(Cl)c3OCC2C1. The Morgan fingerprint density at radius 1 is 1.23 bits per heavy atom. The Balaban J connectivity index is 1.52. The Labute approximate surface area is 228 Å². The molecule has 2 amide bonds. The molecule has 0 aliphatic carbocycles. The van der Waals surface area contributed by atoms with E-state index in [0.29, 0.717) is 26.2 Å². The van der Waals surface area contributed by atoms with Gasteiger partial charge in [0, 0.05) is 31.9 Å². The predicted molar refractivity (Wildman–Crippen MR) is 141 cm³/mol. The van der Waals surface area contributed by atoms with Crippen LogP contribution in [0.2, 0.25) is 5.02 Å². The van der Waals surface area contributed by atoms with E-state index in [0.717, 1.165) is 5.69 Å². The van der Waals surface area contributed by atoms with Crippen LogP contribution in [0.1, 0.15) is 23.0 Å². The zero-order chi connectivity index (χ0) is 27.4. The molecule has 1 unspecified atom stereocenters. The molecule has 0 radical (unpaired) electrons. The highest BCUT2D eigenvalue weighted by Crippen LogP contribution is 2.46. The maximum absolute atomic E-state index is 15.1. The van der Waals surface area contributed by atoms with Gasteiger partial charge in [-0.05, 0) is 31.2 Å². The number of rotatable bonds is 3. The second kappa shape index (κ2) is 9.57. The molecule has 0 bridgehead atoms. The van der Waals surface area contributed by atoms with Crippen LogP contribution in [0.3, 0.4) is 0 Å². The number of carbonyl (C=O) groups is 2. The number of piperazine rings is 1. The van der Waals surface area contributed by atoms with E-state index < -0.39 is 11.9 Å². The van der Waals surface area contributed by atoms with Crippen molar-refractivity contribution in [3.05, 3.63) is 65.2 Å². The molecule has 1 saturated heterocycles. The maximum Gasteiger partial charge on any atom is 0.261 e. The number of fused-ring (bicyclic) bond motifs is 3. The third-order valence-corrected chi connectivity index (χ3v) is 7.90. The molecule has 2 atom stereocenters. The fraction of sp³-hybridized carbons (Fsp3) is 0.333. The number of pyridine rings is 1. The lowest BCUT2D eigenvalue weighted by atomic mass is 10.0. The molecule has 2 aromatic heterocycles. The van der Waals surface area contributed by atoms with Crippen LogP contribution in [0.15, 0.2) is 43.1 Å². The van der Waals surface area contributed by atoms with E-state index in [2.05, 4.69) is 11.7 Å². The highest BCUT2D eigenvalue weighted by molar-refractivity contribution is 6.35. The second-order valence-corrected chi connectivity index (χ2v) is 10.2. The molecule has 3 aliphatic rings. The molecule has 1 aromatic carbocycles. The first kappa shape index (κ1) is 25.2. The lowest BCUT2D eigenvalue weighted by Crippen LogP contribution is -2.57. The number of phenols is 1. The van der Waals surface area contributed by atoms with Crippen molar-refractivity contribution in [3.8, 4) is 22.8 Å². The maximum atomic E-state index is 15.1. The number of hydrogen-bond donors (Lipinski definition) is 1. The minimum absolute atomic E-state index is 0.0246. The molecule has 202 valence electrons. The van der Waals surface area contributed by atoms with Crippen LogP contribution in [0.25, 0.3) is 11.3 Å². The number of nitrogens with zero attached hydrogens (tertiary/aromatic N) is 6. The van der Waals surface area contributed by atoms with Gasteiger partial charge in [0.1, 0.15) is 40.3 Å². The van der Waals surface area contributed by atoms with Gasteiger partial charge in [-0.15, -0.1) is 0 Å². The van der Waals surface area contributed by atoms with Gasteiger partial charge in [0.25, 0.3) is 5.91 Å². The summed E-state index contributed by atoms with van der Waals surface area (Å²) in [6.45, 7) is 7.45. The van der Waals surface area contributed by atoms with Crippen LogP contribution in [0.5, 0.6) is 11.5 Å². The summed E-state index contributed by atoms with van der Waals surface area (Å²) in [6, 6.07) is 5.26. The molecule has 3 aliphatic heterocycles. The third-order valence-electron chi connectivity index (χ3n) is 7.55. The van der Waals surface area contributed by atoms with E-state index >= 15 is 4.39 Å². The van der Waals surface area contributed by atoms with E-state index in [9.17, 15) is 14.7 Å². The van der Waals surface area contributed by atoms with Gasteiger partial charge in [-0.3, -0.25) is 14.3 Å². The Kier molecular flexibility index (Phi) is 6.17. The van der Waals surface area contributed by atoms with Crippen LogP contribution >= 0.6 is 11.6 Å². The van der Waals surface area contributed by atoms with E-state index in [4.69, 9.17) is 21.3 Å². The number of amides is 2. The molecule has 12 heteroatoms. The average Bonchev–Trinajstić information content (AvgIpc) is 3.32. The molecule has 6 rings (SSSR count). The minimum Gasteiger partial charge on any atom is -0.507 e. The van der Waals surface area contributed by atoms with Crippen molar-refractivity contribution in [2.45, 2.75) is 32.1 Å². The highest BCUT2D eigenvalue weighted by atomic mass is 35.5. The minimum atomic E-state index is -0.712. The summed E-state index contributed by atoms with van der Waals surface area (Å²) < 4.78 is 23.1. The number of carbonyl (C=O) groups excluding carboxylic acids is 2. The van der Waals surface area contributed by atoms with Crippen molar-refractivity contribution in [1.82, 2.24) is 24.6 Å². The van der Waals surface area contributed by atoms with Gasteiger partial charge in [-0.1, -0.05) is 24.2 Å². The highest BCUT2D eigenvalue weighted by Gasteiger charge is 2.42. The van der Waals surface area contributed by atoms with Crippen LogP contribution in [-0.2, 0) is 17.9 Å². The molecular formula is C27H26ClFN6O4. The number of aromatic nitrogens is 3. The summed E-state index contributed by atoms with van der Waals surface area (Å²) in [5.41, 5.74) is 0.890. The van der Waals surface area contributed by atoms with E-state index in [1.54, 1.807) is 16.0 Å². The number of hydrogen-bond acceptors (Lipinski definition) is 7. The van der Waals surface area contributed by atoms with Gasteiger partial charge in [0.2, 0.25) is 5.91 Å². The number of halogens is 2. The number of ether oxygens (including phenoxy) is 1. The average molecular weight is 553 g/mol. The Hall–Kier alpha value is -4.12. The Bertz CT molecular complexity index is 1490. The fourth-order valence-electron chi connectivity index (χ4n) is 5.52. The summed E-state index contributed by atoms with van der Waals surface area (Å²) in [5.74, 6) is -1.25. The van der Waals surface area contributed by atoms with Crippen LogP contribution in [0, 0.1) is 5.82 Å².